The standard InChI is InChI=1S/C18H22N8O2/c1-3-26-16(22-23(2)18(26)28)14-5-4-8-24(10-14)17(27)13-6-7-19-15(9-13)25-11-20-21-12-25/h6-7,9,11-12,14H,3-5,8,10H2,1-2H3/t14-/m1/s1. The highest BCUT2D eigenvalue weighted by Crippen LogP contribution is 2.26. The van der Waals surface area contributed by atoms with Crippen LogP contribution in [0.3, 0.4) is 0 Å². The molecule has 0 spiro atoms. The third-order valence-electron chi connectivity index (χ3n) is 5.10. The molecule has 0 saturated carbocycles. The molecule has 4 rings (SSSR count). The van der Waals surface area contributed by atoms with E-state index >= 15 is 0 Å². The van der Waals surface area contributed by atoms with E-state index < -0.39 is 0 Å². The molecular formula is C18H22N8O2. The molecule has 10 heteroatoms. The minimum atomic E-state index is -0.117. The quantitative estimate of drug-likeness (QED) is 0.654. The Morgan fingerprint density at radius 2 is 2.07 bits per heavy atom. The molecule has 1 atom stereocenters. The number of hydrogen-bond acceptors (Lipinski definition) is 6. The molecule has 10 nitrogen and oxygen atoms in total. The first-order valence-corrected chi connectivity index (χ1v) is 9.32. The lowest BCUT2D eigenvalue weighted by Gasteiger charge is -2.32. The molecule has 28 heavy (non-hydrogen) atoms. The Bertz CT molecular complexity index is 1040. The monoisotopic (exact) mass is 382 g/mol. The Balaban J connectivity index is 1.57. The second-order valence-electron chi connectivity index (χ2n) is 6.87. The first kappa shape index (κ1) is 18.1. The van der Waals surface area contributed by atoms with E-state index in [1.165, 1.54) is 4.68 Å². The number of pyridine rings is 1. The van der Waals surface area contributed by atoms with Crippen LogP contribution in [0.1, 0.15) is 41.9 Å². The smallest absolute Gasteiger partial charge is 0.338 e. The molecule has 0 N–H and O–H groups in total. The van der Waals surface area contributed by atoms with Crippen LogP contribution < -0.4 is 5.69 Å². The highest BCUT2D eigenvalue weighted by Gasteiger charge is 2.29. The molecule has 4 heterocycles. The van der Waals surface area contributed by atoms with Crippen LogP contribution in [0.15, 0.2) is 35.8 Å². The zero-order valence-electron chi connectivity index (χ0n) is 15.9. The molecule has 3 aromatic heterocycles. The molecule has 146 valence electrons. The Morgan fingerprint density at radius 1 is 1.29 bits per heavy atom. The van der Waals surface area contributed by atoms with E-state index in [9.17, 15) is 9.59 Å². The number of carbonyl (C=O) groups excluding carboxylic acids is 1. The topological polar surface area (TPSA) is 104 Å². The molecule has 3 aromatic rings. The van der Waals surface area contributed by atoms with Gasteiger partial charge in [0.25, 0.3) is 5.91 Å². The van der Waals surface area contributed by atoms with Gasteiger partial charge in [0.05, 0.1) is 0 Å². The number of piperidine rings is 1. The van der Waals surface area contributed by atoms with Crippen LogP contribution in [0.25, 0.3) is 5.82 Å². The van der Waals surface area contributed by atoms with Crippen molar-refractivity contribution in [3.63, 3.8) is 0 Å². The summed E-state index contributed by atoms with van der Waals surface area (Å²) in [5.74, 6) is 1.34. The second kappa shape index (κ2) is 7.37. The molecule has 0 unspecified atom stereocenters. The Kier molecular flexibility index (Phi) is 4.76. The number of amides is 1. The fourth-order valence-electron chi connectivity index (χ4n) is 3.69. The van der Waals surface area contributed by atoms with Crippen LogP contribution in [0.2, 0.25) is 0 Å². The minimum absolute atomic E-state index is 0.0470. The maximum atomic E-state index is 13.1. The highest BCUT2D eigenvalue weighted by molar-refractivity contribution is 5.94. The Hall–Kier alpha value is -3.30. The number of aryl methyl sites for hydroxylation is 1. The summed E-state index contributed by atoms with van der Waals surface area (Å²) < 4.78 is 4.72. The van der Waals surface area contributed by atoms with Crippen molar-refractivity contribution in [3.05, 3.63) is 52.9 Å². The van der Waals surface area contributed by atoms with Crippen molar-refractivity contribution in [1.82, 2.24) is 39.0 Å². The van der Waals surface area contributed by atoms with Crippen molar-refractivity contribution < 1.29 is 4.79 Å². The van der Waals surface area contributed by atoms with Gasteiger partial charge in [-0.1, -0.05) is 0 Å². The van der Waals surface area contributed by atoms with Gasteiger partial charge in [-0.05, 0) is 31.9 Å². The van der Waals surface area contributed by atoms with Crippen molar-refractivity contribution in [2.24, 2.45) is 7.05 Å². The van der Waals surface area contributed by atoms with Gasteiger partial charge < -0.3 is 4.90 Å². The summed E-state index contributed by atoms with van der Waals surface area (Å²) in [6.07, 6.45) is 6.46. The van der Waals surface area contributed by atoms with Crippen molar-refractivity contribution in [2.75, 3.05) is 13.1 Å². The average molecular weight is 382 g/mol. The van der Waals surface area contributed by atoms with Crippen molar-refractivity contribution >= 4 is 5.91 Å². The van der Waals surface area contributed by atoms with E-state index in [1.807, 2.05) is 11.8 Å². The third-order valence-corrected chi connectivity index (χ3v) is 5.10. The molecule has 0 bridgehead atoms. The number of rotatable bonds is 4. The fourth-order valence-corrected chi connectivity index (χ4v) is 3.69. The van der Waals surface area contributed by atoms with Gasteiger partial charge >= 0.3 is 5.69 Å². The first-order valence-electron chi connectivity index (χ1n) is 9.32. The van der Waals surface area contributed by atoms with Crippen LogP contribution in [0, 0.1) is 0 Å². The zero-order chi connectivity index (χ0) is 19.7. The summed E-state index contributed by atoms with van der Waals surface area (Å²) >= 11 is 0. The average Bonchev–Trinajstić information content (AvgIpc) is 3.36. The van der Waals surface area contributed by atoms with E-state index in [-0.39, 0.29) is 17.5 Å². The van der Waals surface area contributed by atoms with E-state index in [0.29, 0.717) is 31.0 Å². The van der Waals surface area contributed by atoms with Crippen LogP contribution in [-0.4, -0.2) is 58.0 Å². The number of likely N-dealkylation sites (tertiary alicyclic amines) is 1. The van der Waals surface area contributed by atoms with Crippen LogP contribution in [-0.2, 0) is 13.6 Å². The van der Waals surface area contributed by atoms with Gasteiger partial charge in [0.15, 0.2) is 0 Å². The summed E-state index contributed by atoms with van der Waals surface area (Å²) in [6.45, 7) is 3.73. The predicted molar refractivity (Wildman–Crippen MR) is 100 cm³/mol. The van der Waals surface area contributed by atoms with Crippen LogP contribution >= 0.6 is 0 Å². The first-order chi connectivity index (χ1) is 13.6. The Labute approximate surface area is 161 Å². The van der Waals surface area contributed by atoms with Gasteiger partial charge in [0.1, 0.15) is 24.3 Å². The molecular weight excluding hydrogens is 360 g/mol. The largest absolute Gasteiger partial charge is 0.345 e. The zero-order valence-corrected chi connectivity index (χ0v) is 15.9. The van der Waals surface area contributed by atoms with Crippen molar-refractivity contribution in [1.29, 1.82) is 0 Å². The minimum Gasteiger partial charge on any atom is -0.338 e. The maximum absolute atomic E-state index is 13.1. The number of aromatic nitrogens is 7. The summed E-state index contributed by atoms with van der Waals surface area (Å²) in [7, 11) is 1.66. The van der Waals surface area contributed by atoms with E-state index in [1.54, 1.807) is 47.2 Å². The molecule has 1 aliphatic rings. The maximum Gasteiger partial charge on any atom is 0.345 e. The molecule has 1 aliphatic heterocycles. The van der Waals surface area contributed by atoms with Crippen molar-refractivity contribution in [2.45, 2.75) is 32.2 Å². The lowest BCUT2D eigenvalue weighted by molar-refractivity contribution is 0.0703. The molecule has 0 radical (unpaired) electrons. The fraction of sp³-hybridized carbons (Fsp3) is 0.444. The van der Waals surface area contributed by atoms with Gasteiger partial charge in [0.2, 0.25) is 0 Å². The van der Waals surface area contributed by atoms with Gasteiger partial charge in [-0.3, -0.25) is 13.9 Å². The normalized spacial score (nSPS) is 17.1. The van der Waals surface area contributed by atoms with Crippen LogP contribution in [0.4, 0.5) is 0 Å². The lowest BCUT2D eigenvalue weighted by Crippen LogP contribution is -2.40. The molecule has 0 aliphatic carbocycles. The number of hydrogen-bond donors (Lipinski definition) is 0. The van der Waals surface area contributed by atoms with E-state index in [0.717, 1.165) is 18.7 Å². The molecule has 1 saturated heterocycles. The summed E-state index contributed by atoms with van der Waals surface area (Å²) in [4.78, 5) is 31.4. The molecule has 1 fully saturated rings. The van der Waals surface area contributed by atoms with Crippen LogP contribution in [0.5, 0.6) is 0 Å². The SMILES string of the molecule is CCn1c([C@@H]2CCCN(C(=O)c3ccnc(-n4cnnc4)c3)C2)nn(C)c1=O. The summed E-state index contributed by atoms with van der Waals surface area (Å²) in [5.41, 5.74) is 0.446. The molecule has 1 amide bonds. The highest BCUT2D eigenvalue weighted by atomic mass is 16.2. The second-order valence-corrected chi connectivity index (χ2v) is 6.87. The third kappa shape index (κ3) is 3.21. The van der Waals surface area contributed by atoms with E-state index in [4.69, 9.17) is 0 Å². The van der Waals surface area contributed by atoms with Gasteiger partial charge in [-0.15, -0.1) is 10.2 Å². The van der Waals surface area contributed by atoms with Gasteiger partial charge in [-0.2, -0.15) is 5.10 Å². The molecule has 0 aromatic carbocycles. The van der Waals surface area contributed by atoms with Crippen molar-refractivity contribution in [3.8, 4) is 5.82 Å². The summed E-state index contributed by atoms with van der Waals surface area (Å²) in [6, 6.07) is 3.45. The van der Waals surface area contributed by atoms with Gasteiger partial charge in [-0.25, -0.2) is 14.5 Å². The van der Waals surface area contributed by atoms with Gasteiger partial charge in [0, 0.05) is 44.4 Å². The Morgan fingerprint density at radius 3 is 2.82 bits per heavy atom. The lowest BCUT2D eigenvalue weighted by atomic mass is 9.96. The predicted octanol–water partition coefficient (Wildman–Crippen LogP) is 0.597. The van der Waals surface area contributed by atoms with E-state index in [2.05, 4.69) is 20.3 Å². The summed E-state index contributed by atoms with van der Waals surface area (Å²) in [5, 5.41) is 12.0. The number of carbonyl (C=O) groups is 1. The number of nitrogens with zero attached hydrogens (tertiary/aromatic N) is 8.